The molecule has 1 aromatic heterocycles. The van der Waals surface area contributed by atoms with Crippen LogP contribution in [0.4, 0.5) is 16.0 Å². The first-order valence-corrected chi connectivity index (χ1v) is 9.64. The Morgan fingerprint density at radius 3 is 2.96 bits per heavy atom. The van der Waals surface area contributed by atoms with E-state index in [1.807, 2.05) is 6.20 Å². The van der Waals surface area contributed by atoms with Gasteiger partial charge in [-0.15, -0.1) is 0 Å². The standard InChI is InChI=1S/C19H24ClFN4O/c20-16-3-1-4-17(18(16)21)23-19-22-11-15-13-24(7-2-8-25(15)19)12-14-5-9-26-10-6-14/h1,3-4,11,14H,2,5-10,12-13H2,(H,22,23). The fraction of sp³-hybridized carbons (Fsp3) is 0.526. The lowest BCUT2D eigenvalue weighted by atomic mass is 9.99. The first-order valence-electron chi connectivity index (χ1n) is 9.26. The highest BCUT2D eigenvalue weighted by molar-refractivity contribution is 6.31. The second-order valence-corrected chi connectivity index (χ2v) is 7.50. The number of anilines is 2. The lowest BCUT2D eigenvalue weighted by molar-refractivity contribution is 0.0516. The van der Waals surface area contributed by atoms with Gasteiger partial charge < -0.3 is 14.6 Å². The summed E-state index contributed by atoms with van der Waals surface area (Å²) in [6.07, 6.45) is 5.25. The summed E-state index contributed by atoms with van der Waals surface area (Å²) in [4.78, 5) is 7.00. The highest BCUT2D eigenvalue weighted by Crippen LogP contribution is 2.27. The second kappa shape index (κ2) is 7.94. The summed E-state index contributed by atoms with van der Waals surface area (Å²) in [5, 5.41) is 3.21. The molecule has 2 aliphatic heterocycles. The number of nitrogens with zero attached hydrogens (tertiary/aromatic N) is 3. The van der Waals surface area contributed by atoms with Crippen LogP contribution in [-0.2, 0) is 17.8 Å². The minimum atomic E-state index is -0.443. The van der Waals surface area contributed by atoms with Crippen molar-refractivity contribution in [3.8, 4) is 0 Å². The van der Waals surface area contributed by atoms with Crippen molar-refractivity contribution in [2.75, 3.05) is 31.6 Å². The topological polar surface area (TPSA) is 42.3 Å². The van der Waals surface area contributed by atoms with Gasteiger partial charge in [-0.3, -0.25) is 4.90 Å². The Hall–Kier alpha value is -1.63. The Morgan fingerprint density at radius 2 is 2.12 bits per heavy atom. The van der Waals surface area contributed by atoms with Crippen molar-refractivity contribution in [1.82, 2.24) is 14.5 Å². The zero-order valence-electron chi connectivity index (χ0n) is 14.8. The molecule has 2 aliphatic rings. The van der Waals surface area contributed by atoms with Crippen molar-refractivity contribution in [2.45, 2.75) is 32.4 Å². The highest BCUT2D eigenvalue weighted by Gasteiger charge is 2.22. The van der Waals surface area contributed by atoms with Crippen LogP contribution >= 0.6 is 11.6 Å². The second-order valence-electron chi connectivity index (χ2n) is 7.10. The molecule has 0 spiro atoms. The monoisotopic (exact) mass is 378 g/mol. The van der Waals surface area contributed by atoms with Crippen LogP contribution < -0.4 is 5.32 Å². The van der Waals surface area contributed by atoms with Crippen LogP contribution in [0.1, 0.15) is 25.0 Å². The van der Waals surface area contributed by atoms with Gasteiger partial charge in [-0.1, -0.05) is 17.7 Å². The minimum absolute atomic E-state index is 0.111. The Labute approximate surface area is 158 Å². The molecule has 0 aliphatic carbocycles. The number of ether oxygens (including phenoxy) is 1. The first-order chi connectivity index (χ1) is 12.7. The quantitative estimate of drug-likeness (QED) is 0.871. The molecule has 3 heterocycles. The van der Waals surface area contributed by atoms with Gasteiger partial charge in [0.2, 0.25) is 5.95 Å². The van der Waals surface area contributed by atoms with Crippen LogP contribution in [0, 0.1) is 11.7 Å². The average molecular weight is 379 g/mol. The molecule has 2 aromatic rings. The van der Waals surface area contributed by atoms with Gasteiger partial charge in [0.05, 0.1) is 22.6 Å². The van der Waals surface area contributed by atoms with Crippen LogP contribution in [-0.4, -0.2) is 40.8 Å². The number of halogens is 2. The zero-order chi connectivity index (χ0) is 17.9. The van der Waals surface area contributed by atoms with E-state index in [1.54, 1.807) is 18.2 Å². The number of hydrogen-bond donors (Lipinski definition) is 1. The Balaban J connectivity index is 1.47. The smallest absolute Gasteiger partial charge is 0.207 e. The SMILES string of the molecule is Fc1c(Cl)cccc1Nc1ncc2n1CCCN(CC1CCOCC1)C2. The van der Waals surface area contributed by atoms with Crippen molar-refractivity contribution in [2.24, 2.45) is 5.92 Å². The molecule has 1 fully saturated rings. The summed E-state index contributed by atoms with van der Waals surface area (Å²) in [6, 6.07) is 4.95. The fourth-order valence-electron chi connectivity index (χ4n) is 3.82. The predicted octanol–water partition coefficient (Wildman–Crippen LogP) is 4.05. The molecule has 0 unspecified atom stereocenters. The van der Waals surface area contributed by atoms with Crippen molar-refractivity contribution in [1.29, 1.82) is 0 Å². The maximum absolute atomic E-state index is 14.2. The summed E-state index contributed by atoms with van der Waals surface area (Å²) < 4.78 is 21.8. The van der Waals surface area contributed by atoms with Gasteiger partial charge in [0.15, 0.2) is 5.82 Å². The number of rotatable bonds is 4. The molecule has 7 heteroatoms. The van der Waals surface area contributed by atoms with Gasteiger partial charge in [0.1, 0.15) is 0 Å². The van der Waals surface area contributed by atoms with E-state index >= 15 is 0 Å². The van der Waals surface area contributed by atoms with E-state index in [1.165, 1.54) is 5.69 Å². The molecule has 1 saturated heterocycles. The van der Waals surface area contributed by atoms with Gasteiger partial charge in [0.25, 0.3) is 0 Å². The molecule has 0 bridgehead atoms. The summed E-state index contributed by atoms with van der Waals surface area (Å²) in [5.74, 6) is 0.951. The highest BCUT2D eigenvalue weighted by atomic mass is 35.5. The molecule has 140 valence electrons. The number of hydrogen-bond acceptors (Lipinski definition) is 4. The van der Waals surface area contributed by atoms with E-state index in [9.17, 15) is 4.39 Å². The summed E-state index contributed by atoms with van der Waals surface area (Å²) >= 11 is 5.88. The van der Waals surface area contributed by atoms with Gasteiger partial charge in [0, 0.05) is 39.4 Å². The molecule has 0 amide bonds. The predicted molar refractivity (Wildman–Crippen MR) is 100 cm³/mol. The molecule has 1 N–H and O–H groups in total. The van der Waals surface area contributed by atoms with Crippen LogP contribution in [0.5, 0.6) is 0 Å². The molecular weight excluding hydrogens is 355 g/mol. The maximum atomic E-state index is 14.2. The maximum Gasteiger partial charge on any atom is 0.207 e. The summed E-state index contributed by atoms with van der Waals surface area (Å²) in [7, 11) is 0. The third-order valence-electron chi connectivity index (χ3n) is 5.24. The van der Waals surface area contributed by atoms with Crippen molar-refractivity contribution in [3.05, 3.63) is 40.9 Å². The van der Waals surface area contributed by atoms with E-state index in [0.29, 0.717) is 11.6 Å². The molecule has 0 radical (unpaired) electrons. The summed E-state index contributed by atoms with van der Waals surface area (Å²) in [6.45, 7) is 5.71. The van der Waals surface area contributed by atoms with E-state index in [4.69, 9.17) is 16.3 Å². The first kappa shape index (κ1) is 17.8. The molecule has 5 nitrogen and oxygen atoms in total. The van der Waals surface area contributed by atoms with Gasteiger partial charge in [-0.05, 0) is 37.3 Å². The van der Waals surface area contributed by atoms with Crippen LogP contribution in [0.2, 0.25) is 5.02 Å². The molecular formula is C19H24ClFN4O. The molecule has 26 heavy (non-hydrogen) atoms. The van der Waals surface area contributed by atoms with Crippen LogP contribution in [0.3, 0.4) is 0 Å². The lowest BCUT2D eigenvalue weighted by Gasteiger charge is -2.28. The zero-order valence-corrected chi connectivity index (χ0v) is 15.5. The Kier molecular flexibility index (Phi) is 5.43. The average Bonchev–Trinajstić information content (AvgIpc) is 2.89. The number of fused-ring (bicyclic) bond motifs is 1. The fourth-order valence-corrected chi connectivity index (χ4v) is 3.99. The van der Waals surface area contributed by atoms with Gasteiger partial charge in [-0.25, -0.2) is 9.37 Å². The number of nitrogens with one attached hydrogen (secondary N) is 1. The summed E-state index contributed by atoms with van der Waals surface area (Å²) in [5.41, 5.74) is 1.52. The van der Waals surface area contributed by atoms with Crippen molar-refractivity contribution >= 4 is 23.2 Å². The third-order valence-corrected chi connectivity index (χ3v) is 5.53. The number of imidazole rings is 1. The Morgan fingerprint density at radius 1 is 1.27 bits per heavy atom. The normalized spacial score (nSPS) is 19.2. The minimum Gasteiger partial charge on any atom is -0.381 e. The Bertz CT molecular complexity index is 760. The van der Waals surface area contributed by atoms with E-state index < -0.39 is 5.82 Å². The lowest BCUT2D eigenvalue weighted by Crippen LogP contribution is -2.32. The molecule has 0 saturated carbocycles. The van der Waals surface area contributed by atoms with E-state index in [-0.39, 0.29) is 5.02 Å². The van der Waals surface area contributed by atoms with Crippen LogP contribution in [0.25, 0.3) is 0 Å². The molecule has 4 rings (SSSR count). The van der Waals surface area contributed by atoms with Gasteiger partial charge >= 0.3 is 0 Å². The van der Waals surface area contributed by atoms with Gasteiger partial charge in [-0.2, -0.15) is 0 Å². The van der Waals surface area contributed by atoms with E-state index in [0.717, 1.165) is 64.6 Å². The van der Waals surface area contributed by atoms with Crippen LogP contribution in [0.15, 0.2) is 24.4 Å². The molecule has 0 atom stereocenters. The van der Waals surface area contributed by atoms with E-state index in [2.05, 4.69) is 19.8 Å². The van der Waals surface area contributed by atoms with Crippen molar-refractivity contribution < 1.29 is 9.13 Å². The molecule has 1 aromatic carbocycles. The number of benzene rings is 1. The largest absolute Gasteiger partial charge is 0.381 e. The third kappa shape index (κ3) is 3.87. The van der Waals surface area contributed by atoms with Crippen molar-refractivity contribution in [3.63, 3.8) is 0 Å². The number of aromatic nitrogens is 2.